The van der Waals surface area contributed by atoms with Gasteiger partial charge in [-0.3, -0.25) is 4.79 Å². The van der Waals surface area contributed by atoms with Gasteiger partial charge in [0, 0.05) is 5.56 Å². The molecule has 0 saturated heterocycles. The third kappa shape index (κ3) is 2.64. The predicted octanol–water partition coefficient (Wildman–Crippen LogP) is 1.96. The van der Waals surface area contributed by atoms with E-state index in [2.05, 4.69) is 15.5 Å². The molecule has 2 aromatic carbocycles. The number of carbonyl (C=O) groups is 1. The van der Waals surface area contributed by atoms with Gasteiger partial charge in [0.25, 0.3) is 0 Å². The van der Waals surface area contributed by atoms with Crippen molar-refractivity contribution in [2.45, 2.75) is 6.42 Å². The van der Waals surface area contributed by atoms with Crippen LogP contribution in [0.1, 0.15) is 5.56 Å². The molecule has 0 aliphatic carbocycles. The number of hydrogen-bond acceptors (Lipinski definition) is 4. The van der Waals surface area contributed by atoms with E-state index in [0.717, 1.165) is 5.56 Å². The number of nitrogens with zero attached hydrogens (tertiary/aromatic N) is 4. The SMILES string of the molecule is O=C(O)Cc1ccccc1-n1nnnc1-c1ccccc1. The van der Waals surface area contributed by atoms with Crippen molar-refractivity contribution in [1.82, 2.24) is 20.2 Å². The van der Waals surface area contributed by atoms with Crippen LogP contribution in [0.3, 0.4) is 0 Å². The van der Waals surface area contributed by atoms with Gasteiger partial charge in [0.2, 0.25) is 0 Å². The number of aromatic nitrogens is 4. The lowest BCUT2D eigenvalue weighted by Crippen LogP contribution is -2.08. The van der Waals surface area contributed by atoms with Crippen LogP contribution in [0.25, 0.3) is 17.1 Å². The lowest BCUT2D eigenvalue weighted by Gasteiger charge is -2.09. The number of carboxylic acids is 1. The number of tetrazole rings is 1. The Morgan fingerprint density at radius 2 is 1.76 bits per heavy atom. The maximum Gasteiger partial charge on any atom is 0.307 e. The van der Waals surface area contributed by atoms with E-state index in [4.69, 9.17) is 5.11 Å². The van der Waals surface area contributed by atoms with Gasteiger partial charge < -0.3 is 5.11 Å². The van der Waals surface area contributed by atoms with Gasteiger partial charge in [0.1, 0.15) is 0 Å². The van der Waals surface area contributed by atoms with E-state index in [9.17, 15) is 4.79 Å². The Morgan fingerprint density at radius 3 is 2.52 bits per heavy atom. The van der Waals surface area contributed by atoms with Crippen LogP contribution in [0.15, 0.2) is 54.6 Å². The first-order valence-corrected chi connectivity index (χ1v) is 6.39. The van der Waals surface area contributed by atoms with Crippen molar-refractivity contribution in [2.75, 3.05) is 0 Å². The zero-order chi connectivity index (χ0) is 14.7. The molecule has 0 aliphatic heterocycles. The van der Waals surface area contributed by atoms with Crippen LogP contribution >= 0.6 is 0 Å². The molecule has 0 amide bonds. The highest BCUT2D eigenvalue weighted by Gasteiger charge is 2.14. The van der Waals surface area contributed by atoms with Crippen LogP contribution in [0.2, 0.25) is 0 Å². The summed E-state index contributed by atoms with van der Waals surface area (Å²) in [6.45, 7) is 0. The molecule has 21 heavy (non-hydrogen) atoms. The van der Waals surface area contributed by atoms with Crippen molar-refractivity contribution in [3.8, 4) is 17.1 Å². The molecule has 0 fully saturated rings. The fourth-order valence-corrected chi connectivity index (χ4v) is 2.15. The van der Waals surface area contributed by atoms with Crippen molar-refractivity contribution >= 4 is 5.97 Å². The van der Waals surface area contributed by atoms with E-state index < -0.39 is 5.97 Å². The molecule has 0 radical (unpaired) electrons. The second kappa shape index (κ2) is 5.54. The Balaban J connectivity index is 2.11. The number of rotatable bonds is 4. The Bertz CT molecular complexity index is 768. The largest absolute Gasteiger partial charge is 0.481 e. The van der Waals surface area contributed by atoms with Gasteiger partial charge in [-0.05, 0) is 22.1 Å². The molecule has 1 aromatic heterocycles. The number of para-hydroxylation sites is 1. The van der Waals surface area contributed by atoms with Crippen molar-refractivity contribution in [3.63, 3.8) is 0 Å². The minimum absolute atomic E-state index is 0.0791. The Labute approximate surface area is 120 Å². The fraction of sp³-hybridized carbons (Fsp3) is 0.0667. The molecule has 0 atom stereocenters. The van der Waals surface area contributed by atoms with Crippen LogP contribution in [-0.4, -0.2) is 31.3 Å². The first-order chi connectivity index (χ1) is 10.3. The van der Waals surface area contributed by atoms with E-state index >= 15 is 0 Å². The Morgan fingerprint density at radius 1 is 1.05 bits per heavy atom. The number of carboxylic acid groups (broad SMARTS) is 1. The zero-order valence-electron chi connectivity index (χ0n) is 11.0. The summed E-state index contributed by atoms with van der Waals surface area (Å²) in [6.07, 6.45) is -0.0791. The summed E-state index contributed by atoms with van der Waals surface area (Å²) in [5, 5.41) is 20.8. The van der Waals surface area contributed by atoms with Crippen molar-refractivity contribution in [3.05, 3.63) is 60.2 Å². The Kier molecular flexibility index (Phi) is 3.42. The minimum Gasteiger partial charge on any atom is -0.481 e. The number of hydrogen-bond donors (Lipinski definition) is 1. The molecule has 3 aromatic rings. The molecule has 104 valence electrons. The smallest absolute Gasteiger partial charge is 0.307 e. The molecule has 0 bridgehead atoms. The first-order valence-electron chi connectivity index (χ1n) is 6.39. The minimum atomic E-state index is -0.892. The molecule has 0 spiro atoms. The zero-order valence-corrected chi connectivity index (χ0v) is 11.0. The van der Waals surface area contributed by atoms with E-state index in [1.54, 1.807) is 22.9 Å². The summed E-state index contributed by atoms with van der Waals surface area (Å²) in [6, 6.07) is 16.7. The van der Waals surface area contributed by atoms with Crippen molar-refractivity contribution < 1.29 is 9.90 Å². The molecular weight excluding hydrogens is 268 g/mol. The summed E-state index contributed by atoms with van der Waals surface area (Å²) in [5.74, 6) is -0.315. The first kappa shape index (κ1) is 13.0. The fourth-order valence-electron chi connectivity index (χ4n) is 2.15. The highest BCUT2D eigenvalue weighted by molar-refractivity contribution is 5.72. The topological polar surface area (TPSA) is 80.9 Å². The summed E-state index contributed by atoms with van der Waals surface area (Å²) in [7, 11) is 0. The molecule has 3 rings (SSSR count). The lowest BCUT2D eigenvalue weighted by atomic mass is 10.1. The molecule has 0 saturated carbocycles. The average molecular weight is 280 g/mol. The van der Waals surface area contributed by atoms with Gasteiger partial charge in [-0.25, -0.2) is 0 Å². The third-order valence-electron chi connectivity index (χ3n) is 3.06. The maximum atomic E-state index is 11.0. The van der Waals surface area contributed by atoms with Crippen molar-refractivity contribution in [2.24, 2.45) is 0 Å². The highest BCUT2D eigenvalue weighted by Crippen LogP contribution is 2.21. The van der Waals surface area contributed by atoms with Crippen LogP contribution in [-0.2, 0) is 11.2 Å². The van der Waals surface area contributed by atoms with Crippen LogP contribution in [0.5, 0.6) is 0 Å². The maximum absolute atomic E-state index is 11.0. The van der Waals surface area contributed by atoms with E-state index in [1.807, 2.05) is 36.4 Å². The van der Waals surface area contributed by atoms with Gasteiger partial charge in [-0.1, -0.05) is 48.5 Å². The van der Waals surface area contributed by atoms with Gasteiger partial charge in [0.05, 0.1) is 12.1 Å². The average Bonchev–Trinajstić information content (AvgIpc) is 2.97. The summed E-state index contributed by atoms with van der Waals surface area (Å²) in [5.41, 5.74) is 2.20. The van der Waals surface area contributed by atoms with Gasteiger partial charge in [-0.15, -0.1) is 5.10 Å². The van der Waals surface area contributed by atoms with E-state index in [1.165, 1.54) is 0 Å². The van der Waals surface area contributed by atoms with Gasteiger partial charge in [0.15, 0.2) is 5.82 Å². The standard InChI is InChI=1S/C15H12N4O2/c20-14(21)10-12-8-4-5-9-13(12)19-15(16-17-18-19)11-6-2-1-3-7-11/h1-9H,10H2,(H,20,21). The van der Waals surface area contributed by atoms with Crippen LogP contribution in [0.4, 0.5) is 0 Å². The van der Waals surface area contributed by atoms with Gasteiger partial charge >= 0.3 is 5.97 Å². The molecule has 6 nitrogen and oxygen atoms in total. The molecule has 6 heteroatoms. The van der Waals surface area contributed by atoms with Crippen molar-refractivity contribution in [1.29, 1.82) is 0 Å². The van der Waals surface area contributed by atoms with E-state index in [0.29, 0.717) is 17.1 Å². The summed E-state index contributed by atoms with van der Waals surface area (Å²) < 4.78 is 1.56. The van der Waals surface area contributed by atoms with Crippen LogP contribution in [0, 0.1) is 0 Å². The Hall–Kier alpha value is -3.02. The molecule has 1 heterocycles. The van der Waals surface area contributed by atoms with Crippen LogP contribution < -0.4 is 0 Å². The molecule has 0 aliphatic rings. The highest BCUT2D eigenvalue weighted by atomic mass is 16.4. The normalized spacial score (nSPS) is 10.5. The molecular formula is C15H12N4O2. The van der Waals surface area contributed by atoms with Gasteiger partial charge in [-0.2, -0.15) is 4.68 Å². The second-order valence-electron chi connectivity index (χ2n) is 4.48. The number of benzene rings is 2. The number of aliphatic carboxylic acids is 1. The molecule has 0 unspecified atom stereocenters. The third-order valence-corrected chi connectivity index (χ3v) is 3.06. The summed E-state index contributed by atoms with van der Waals surface area (Å²) >= 11 is 0. The second-order valence-corrected chi connectivity index (χ2v) is 4.48. The molecule has 1 N–H and O–H groups in total. The monoisotopic (exact) mass is 280 g/mol. The quantitative estimate of drug-likeness (QED) is 0.790. The predicted molar refractivity (Wildman–Crippen MR) is 75.9 cm³/mol. The summed E-state index contributed by atoms with van der Waals surface area (Å²) in [4.78, 5) is 11.0. The lowest BCUT2D eigenvalue weighted by molar-refractivity contribution is -0.136. The van der Waals surface area contributed by atoms with E-state index in [-0.39, 0.29) is 6.42 Å².